The van der Waals surface area contributed by atoms with Crippen molar-refractivity contribution in [1.82, 2.24) is 5.32 Å². The summed E-state index contributed by atoms with van der Waals surface area (Å²) >= 11 is 0. The number of aliphatic hydroxyl groups is 1. The second kappa shape index (κ2) is 8.20. The van der Waals surface area contributed by atoms with Gasteiger partial charge >= 0.3 is 0 Å². The van der Waals surface area contributed by atoms with Gasteiger partial charge in [-0.2, -0.15) is 0 Å². The molecule has 0 aliphatic carbocycles. The number of rotatable bonds is 7. The van der Waals surface area contributed by atoms with Crippen LogP contribution in [0, 0.1) is 0 Å². The Morgan fingerprint density at radius 1 is 1.32 bits per heavy atom. The molecule has 6 nitrogen and oxygen atoms in total. The van der Waals surface area contributed by atoms with Gasteiger partial charge in [0.2, 0.25) is 0 Å². The third kappa shape index (κ3) is 5.05. The molecule has 0 radical (unpaired) electrons. The third-order valence-corrected chi connectivity index (χ3v) is 2.55. The van der Waals surface area contributed by atoms with E-state index in [0.29, 0.717) is 30.5 Å². The molecule has 0 unspecified atom stereocenters. The first-order valence-electron chi connectivity index (χ1n) is 6.06. The van der Waals surface area contributed by atoms with E-state index in [-0.39, 0.29) is 6.61 Å². The van der Waals surface area contributed by atoms with Crippen LogP contribution in [0.5, 0.6) is 11.5 Å². The molecule has 0 saturated carbocycles. The number of ether oxygens (including phenoxy) is 2. The minimum absolute atomic E-state index is 0.00193. The lowest BCUT2D eigenvalue weighted by Gasteiger charge is -2.10. The summed E-state index contributed by atoms with van der Waals surface area (Å²) in [6.07, 6.45) is 0.787. The number of hydrogen-bond acceptors (Lipinski definition) is 4. The highest BCUT2D eigenvalue weighted by molar-refractivity contribution is 5.77. The van der Waals surface area contributed by atoms with Crippen LogP contribution in [-0.2, 0) is 6.42 Å². The van der Waals surface area contributed by atoms with Crippen LogP contribution in [0.3, 0.4) is 0 Å². The normalized spacial score (nSPS) is 11.2. The number of nitrogens with one attached hydrogen (secondary N) is 1. The van der Waals surface area contributed by atoms with E-state index in [1.165, 1.54) is 0 Å². The lowest BCUT2D eigenvalue weighted by atomic mass is 10.1. The molecule has 0 fully saturated rings. The van der Waals surface area contributed by atoms with Crippen molar-refractivity contribution in [3.63, 3.8) is 0 Å². The van der Waals surface area contributed by atoms with E-state index < -0.39 is 0 Å². The number of aliphatic hydroxyl groups excluding tert-OH is 1. The summed E-state index contributed by atoms with van der Waals surface area (Å²) < 4.78 is 10.4. The van der Waals surface area contributed by atoms with Gasteiger partial charge in [-0.15, -0.1) is 0 Å². The van der Waals surface area contributed by atoms with Crippen LogP contribution in [-0.4, -0.2) is 45.0 Å². The highest BCUT2D eigenvalue weighted by Crippen LogP contribution is 2.27. The predicted octanol–water partition coefficient (Wildman–Crippen LogP) is 0.143. The fourth-order valence-corrected chi connectivity index (χ4v) is 1.60. The molecule has 0 atom stereocenters. The number of nitrogens with two attached hydrogens (primary N) is 1. The van der Waals surface area contributed by atoms with Crippen LogP contribution in [0.2, 0.25) is 0 Å². The number of hydrogen-bond donors (Lipinski definition) is 3. The van der Waals surface area contributed by atoms with Crippen LogP contribution in [0.25, 0.3) is 0 Å². The monoisotopic (exact) mass is 267 g/mol. The lowest BCUT2D eigenvalue weighted by molar-refractivity contribution is 0.306. The molecule has 1 aromatic rings. The van der Waals surface area contributed by atoms with E-state index >= 15 is 0 Å². The molecular formula is C13H21N3O3. The molecule has 0 aliphatic heterocycles. The SMILES string of the molecule is COc1ccc(CCNC(N)=NCCO)cc1OC. The number of nitrogens with zero attached hydrogens (tertiary/aromatic N) is 1. The fourth-order valence-electron chi connectivity index (χ4n) is 1.60. The maximum atomic E-state index is 8.61. The van der Waals surface area contributed by atoms with Crippen LogP contribution in [0.1, 0.15) is 5.56 Å². The largest absolute Gasteiger partial charge is 0.493 e. The van der Waals surface area contributed by atoms with E-state index in [2.05, 4.69) is 10.3 Å². The number of aliphatic imine (C=N–C) groups is 1. The summed E-state index contributed by atoms with van der Waals surface area (Å²) in [5.41, 5.74) is 6.72. The number of methoxy groups -OCH3 is 2. The average molecular weight is 267 g/mol. The van der Waals surface area contributed by atoms with E-state index in [4.69, 9.17) is 20.3 Å². The van der Waals surface area contributed by atoms with Gasteiger partial charge in [0.25, 0.3) is 0 Å². The third-order valence-electron chi connectivity index (χ3n) is 2.55. The van der Waals surface area contributed by atoms with Gasteiger partial charge < -0.3 is 25.6 Å². The summed E-state index contributed by atoms with van der Waals surface area (Å²) in [7, 11) is 3.22. The second-order valence-electron chi connectivity index (χ2n) is 3.86. The Morgan fingerprint density at radius 2 is 2.05 bits per heavy atom. The molecule has 0 heterocycles. The van der Waals surface area contributed by atoms with Crippen molar-refractivity contribution in [2.75, 3.05) is 33.9 Å². The second-order valence-corrected chi connectivity index (χ2v) is 3.86. The molecule has 6 heteroatoms. The standard InChI is InChI=1S/C13H21N3O3/c1-18-11-4-3-10(9-12(11)19-2)5-6-15-13(14)16-7-8-17/h3-4,9,17H,5-8H2,1-2H3,(H3,14,15,16). The lowest BCUT2D eigenvalue weighted by Crippen LogP contribution is -2.33. The predicted molar refractivity (Wildman–Crippen MR) is 74.8 cm³/mol. The van der Waals surface area contributed by atoms with Gasteiger partial charge in [-0.1, -0.05) is 6.07 Å². The molecule has 1 rings (SSSR count). The zero-order valence-electron chi connectivity index (χ0n) is 11.3. The number of benzene rings is 1. The minimum Gasteiger partial charge on any atom is -0.493 e. The molecule has 0 aromatic heterocycles. The van der Waals surface area contributed by atoms with Gasteiger partial charge in [-0.3, -0.25) is 4.99 Å². The van der Waals surface area contributed by atoms with Gasteiger partial charge in [0.05, 0.1) is 27.4 Å². The summed E-state index contributed by atoms with van der Waals surface area (Å²) in [5.74, 6) is 1.76. The van der Waals surface area contributed by atoms with E-state index in [0.717, 1.165) is 12.0 Å². The fraction of sp³-hybridized carbons (Fsp3) is 0.462. The Hall–Kier alpha value is -1.95. The molecule has 0 saturated heterocycles. The molecular weight excluding hydrogens is 246 g/mol. The van der Waals surface area contributed by atoms with Crippen LogP contribution >= 0.6 is 0 Å². The summed E-state index contributed by atoms with van der Waals surface area (Å²) in [6.45, 7) is 0.976. The van der Waals surface area contributed by atoms with Gasteiger partial charge in [-0.25, -0.2) is 0 Å². The quantitative estimate of drug-likeness (QED) is 0.483. The van der Waals surface area contributed by atoms with E-state index in [1.807, 2.05) is 18.2 Å². The molecule has 4 N–H and O–H groups in total. The first-order valence-corrected chi connectivity index (χ1v) is 6.06. The Labute approximate surface area is 113 Å². The average Bonchev–Trinajstić information content (AvgIpc) is 2.44. The Bertz CT molecular complexity index is 422. The van der Waals surface area contributed by atoms with Gasteiger partial charge in [0.1, 0.15) is 0 Å². The molecule has 0 aliphatic rings. The maximum absolute atomic E-state index is 8.61. The maximum Gasteiger partial charge on any atom is 0.188 e. The van der Waals surface area contributed by atoms with Crippen molar-refractivity contribution >= 4 is 5.96 Å². The first kappa shape index (κ1) is 15.1. The van der Waals surface area contributed by atoms with Gasteiger partial charge in [0, 0.05) is 6.54 Å². The molecule has 0 bridgehead atoms. The van der Waals surface area contributed by atoms with Crippen molar-refractivity contribution in [3.05, 3.63) is 23.8 Å². The van der Waals surface area contributed by atoms with Crippen LogP contribution < -0.4 is 20.5 Å². The van der Waals surface area contributed by atoms with E-state index in [9.17, 15) is 0 Å². The highest BCUT2D eigenvalue weighted by atomic mass is 16.5. The molecule has 0 spiro atoms. The topological polar surface area (TPSA) is 89.1 Å². The van der Waals surface area contributed by atoms with E-state index in [1.54, 1.807) is 14.2 Å². The van der Waals surface area contributed by atoms with Crippen LogP contribution in [0.4, 0.5) is 0 Å². The van der Waals surface area contributed by atoms with Crippen molar-refractivity contribution in [1.29, 1.82) is 0 Å². The zero-order chi connectivity index (χ0) is 14.1. The molecule has 1 aromatic carbocycles. The molecule has 0 amide bonds. The highest BCUT2D eigenvalue weighted by Gasteiger charge is 2.04. The van der Waals surface area contributed by atoms with Crippen molar-refractivity contribution in [2.45, 2.75) is 6.42 Å². The van der Waals surface area contributed by atoms with Crippen molar-refractivity contribution in [3.8, 4) is 11.5 Å². The summed E-state index contributed by atoms with van der Waals surface area (Å²) in [5, 5.41) is 11.6. The van der Waals surface area contributed by atoms with Crippen molar-refractivity contribution < 1.29 is 14.6 Å². The smallest absolute Gasteiger partial charge is 0.188 e. The summed E-state index contributed by atoms with van der Waals surface area (Å²) in [6, 6.07) is 5.78. The Balaban J connectivity index is 2.49. The molecule has 19 heavy (non-hydrogen) atoms. The number of guanidine groups is 1. The van der Waals surface area contributed by atoms with Crippen LogP contribution in [0.15, 0.2) is 23.2 Å². The van der Waals surface area contributed by atoms with Gasteiger partial charge in [0.15, 0.2) is 17.5 Å². The Morgan fingerprint density at radius 3 is 2.68 bits per heavy atom. The Kier molecular flexibility index (Phi) is 6.52. The first-order chi connectivity index (χ1) is 9.21. The minimum atomic E-state index is -0.00193. The zero-order valence-corrected chi connectivity index (χ0v) is 11.3. The summed E-state index contributed by atoms with van der Waals surface area (Å²) in [4.78, 5) is 3.92. The van der Waals surface area contributed by atoms with Crippen molar-refractivity contribution in [2.24, 2.45) is 10.7 Å². The van der Waals surface area contributed by atoms with Gasteiger partial charge in [-0.05, 0) is 24.1 Å². The molecule has 106 valence electrons.